The van der Waals surface area contributed by atoms with Gasteiger partial charge in [-0.1, -0.05) is 25.8 Å². The molecule has 35 valence electrons. The van der Waals surface area contributed by atoms with Crippen LogP contribution in [0.3, 0.4) is 0 Å². The van der Waals surface area contributed by atoms with Crippen LogP contribution in [0.1, 0.15) is 20.8 Å². The standard InChI is InChI=1S/C4H11Si.Ge/c1-4(2,3)5;/h5H2,1-3H3;. The van der Waals surface area contributed by atoms with Crippen molar-refractivity contribution in [3.63, 3.8) is 0 Å². The van der Waals surface area contributed by atoms with Gasteiger partial charge in [-0.3, -0.25) is 0 Å². The second-order valence-electron chi connectivity index (χ2n) is 2.56. The molecule has 0 saturated heterocycles. The Morgan fingerprint density at radius 2 is 1.17 bits per heavy atom. The molecule has 0 aromatic carbocycles. The first-order valence-corrected chi connectivity index (χ1v) is 2.56. The summed E-state index contributed by atoms with van der Waals surface area (Å²) in [6.45, 7) is 6.60. The van der Waals surface area contributed by atoms with Crippen molar-refractivity contribution in [3.05, 3.63) is 0 Å². The molecule has 0 aliphatic rings. The van der Waals surface area contributed by atoms with E-state index >= 15 is 0 Å². The second kappa shape index (κ2) is 2.86. The molecular formula is C4H11GeSi. The van der Waals surface area contributed by atoms with Crippen molar-refractivity contribution in [1.82, 2.24) is 0 Å². The van der Waals surface area contributed by atoms with Crippen LogP contribution in [0.5, 0.6) is 0 Å². The van der Waals surface area contributed by atoms with Gasteiger partial charge in [-0.15, -0.1) is 0 Å². The van der Waals surface area contributed by atoms with Crippen LogP contribution >= 0.6 is 0 Å². The summed E-state index contributed by atoms with van der Waals surface area (Å²) in [7, 11) is 2.01. The zero-order valence-electron chi connectivity index (χ0n) is 4.71. The Hall–Kier alpha value is 0.760. The average molecular weight is 160 g/mol. The first-order chi connectivity index (χ1) is 2.00. The van der Waals surface area contributed by atoms with Crippen molar-refractivity contribution in [3.8, 4) is 0 Å². The molecule has 0 unspecified atom stereocenters. The Kier molecular flexibility index (Phi) is 4.71. The molecule has 0 aromatic heterocycles. The summed E-state index contributed by atoms with van der Waals surface area (Å²) in [6.07, 6.45) is 0. The third-order valence-corrected chi connectivity index (χ3v) is 0. The van der Waals surface area contributed by atoms with E-state index in [1.165, 1.54) is 0 Å². The predicted molar refractivity (Wildman–Crippen MR) is 34.0 cm³/mol. The SMILES string of the molecule is CC(C)(C)[SiH2].[Ge]. The Labute approximate surface area is 54.1 Å². The molecule has 2 heteroatoms. The van der Waals surface area contributed by atoms with E-state index in [9.17, 15) is 0 Å². The van der Waals surface area contributed by atoms with Crippen LogP contribution in [0.4, 0.5) is 0 Å². The average Bonchev–Trinajstić information content (AvgIpc) is 0.722. The molecule has 0 spiro atoms. The Balaban J connectivity index is 0. The Bertz CT molecular complexity index is 23.0. The molecule has 0 N–H and O–H groups in total. The van der Waals surface area contributed by atoms with Crippen molar-refractivity contribution >= 4 is 27.8 Å². The molecule has 0 aliphatic heterocycles. The summed E-state index contributed by atoms with van der Waals surface area (Å²) in [5.74, 6) is 0. The molecule has 0 amide bonds. The van der Waals surface area contributed by atoms with Gasteiger partial charge in [0.2, 0.25) is 0 Å². The fourth-order valence-corrected chi connectivity index (χ4v) is 0. The summed E-state index contributed by atoms with van der Waals surface area (Å²) >= 11 is 0. The molecule has 0 bridgehead atoms. The zero-order chi connectivity index (χ0) is 4.50. The van der Waals surface area contributed by atoms with E-state index in [0.29, 0.717) is 5.04 Å². The third-order valence-electron chi connectivity index (χ3n) is 0. The van der Waals surface area contributed by atoms with Gasteiger partial charge in [-0.25, -0.2) is 0 Å². The van der Waals surface area contributed by atoms with E-state index in [-0.39, 0.29) is 17.6 Å². The second-order valence-corrected chi connectivity index (χ2v) is 4.68. The van der Waals surface area contributed by atoms with Crippen molar-refractivity contribution in [2.45, 2.75) is 25.8 Å². The van der Waals surface area contributed by atoms with Gasteiger partial charge < -0.3 is 0 Å². The summed E-state index contributed by atoms with van der Waals surface area (Å²) < 4.78 is 0. The van der Waals surface area contributed by atoms with Crippen LogP contribution in [0.2, 0.25) is 5.04 Å². The van der Waals surface area contributed by atoms with Crippen LogP contribution in [0.25, 0.3) is 0 Å². The maximum atomic E-state index is 2.20. The van der Waals surface area contributed by atoms with Gasteiger partial charge in [0.25, 0.3) is 0 Å². The smallest absolute Gasteiger partial charge is 0.0152 e. The molecule has 0 nitrogen and oxygen atoms in total. The largest absolute Gasteiger partial charge is 0.0634 e. The summed E-state index contributed by atoms with van der Waals surface area (Å²) in [6, 6.07) is 0. The normalized spacial score (nSPS) is 10.0. The summed E-state index contributed by atoms with van der Waals surface area (Å²) in [5.41, 5.74) is 0. The fraction of sp³-hybridized carbons (Fsp3) is 1.00. The number of hydrogen-bond donors (Lipinski definition) is 0. The van der Waals surface area contributed by atoms with Crippen LogP contribution < -0.4 is 0 Å². The van der Waals surface area contributed by atoms with E-state index in [0.717, 1.165) is 0 Å². The van der Waals surface area contributed by atoms with Gasteiger partial charge >= 0.3 is 0 Å². The molecule has 0 aromatic rings. The monoisotopic (exact) mass is 161 g/mol. The van der Waals surface area contributed by atoms with E-state index in [1.54, 1.807) is 0 Å². The van der Waals surface area contributed by atoms with Gasteiger partial charge in [0, 0.05) is 27.8 Å². The molecule has 0 saturated carbocycles. The molecule has 0 fully saturated rings. The van der Waals surface area contributed by atoms with E-state index < -0.39 is 0 Å². The first kappa shape index (κ1) is 9.90. The topological polar surface area (TPSA) is 0 Å². The first-order valence-electron chi connectivity index (χ1n) is 1.85. The minimum Gasteiger partial charge on any atom is -0.0634 e. The van der Waals surface area contributed by atoms with Crippen LogP contribution in [0, 0.1) is 0 Å². The maximum Gasteiger partial charge on any atom is 0.0152 e. The van der Waals surface area contributed by atoms with Gasteiger partial charge in [0.1, 0.15) is 0 Å². The fourth-order valence-electron chi connectivity index (χ4n) is 0. The van der Waals surface area contributed by atoms with Crippen LogP contribution in [0.15, 0.2) is 0 Å². The minimum absolute atomic E-state index is 0. The molecule has 0 rings (SSSR count). The van der Waals surface area contributed by atoms with Crippen molar-refractivity contribution in [1.29, 1.82) is 0 Å². The van der Waals surface area contributed by atoms with Crippen LogP contribution in [-0.4, -0.2) is 27.8 Å². The van der Waals surface area contributed by atoms with E-state index in [4.69, 9.17) is 0 Å². The summed E-state index contributed by atoms with van der Waals surface area (Å²) in [5, 5.41) is 0.528. The van der Waals surface area contributed by atoms with Crippen molar-refractivity contribution in [2.75, 3.05) is 0 Å². The Morgan fingerprint density at radius 3 is 1.17 bits per heavy atom. The van der Waals surface area contributed by atoms with Gasteiger partial charge in [0.05, 0.1) is 0 Å². The van der Waals surface area contributed by atoms with Crippen molar-refractivity contribution in [2.24, 2.45) is 0 Å². The molecular weight excluding hydrogens is 149 g/mol. The number of hydrogen-bond acceptors (Lipinski definition) is 0. The van der Waals surface area contributed by atoms with E-state index in [1.807, 2.05) is 10.2 Å². The summed E-state index contributed by atoms with van der Waals surface area (Å²) in [4.78, 5) is 0. The van der Waals surface area contributed by atoms with Gasteiger partial charge in [-0.2, -0.15) is 0 Å². The maximum absolute atomic E-state index is 2.20. The molecule has 0 aliphatic carbocycles. The van der Waals surface area contributed by atoms with Crippen molar-refractivity contribution < 1.29 is 0 Å². The molecule has 5 radical (unpaired) electrons. The zero-order valence-corrected chi connectivity index (χ0v) is 8.22. The molecule has 0 atom stereocenters. The third kappa shape index (κ3) is 117. The molecule has 0 heterocycles. The predicted octanol–water partition coefficient (Wildman–Crippen LogP) is 0.457. The Morgan fingerprint density at radius 1 is 1.17 bits per heavy atom. The quantitative estimate of drug-likeness (QED) is 0.451. The van der Waals surface area contributed by atoms with Gasteiger partial charge in [-0.05, 0) is 0 Å². The van der Waals surface area contributed by atoms with Crippen LogP contribution in [-0.2, 0) is 0 Å². The number of rotatable bonds is 0. The minimum atomic E-state index is 0. The molecule has 6 heavy (non-hydrogen) atoms. The van der Waals surface area contributed by atoms with E-state index in [2.05, 4.69) is 20.8 Å². The van der Waals surface area contributed by atoms with Gasteiger partial charge in [0.15, 0.2) is 0 Å².